The van der Waals surface area contributed by atoms with Gasteiger partial charge in [-0.2, -0.15) is 0 Å². The van der Waals surface area contributed by atoms with Crippen LogP contribution < -0.4 is 5.73 Å². The molecular formula is C16H13FN2. The summed E-state index contributed by atoms with van der Waals surface area (Å²) in [7, 11) is 0. The summed E-state index contributed by atoms with van der Waals surface area (Å²) in [6, 6.07) is 14.6. The Kier molecular flexibility index (Phi) is 2.97. The topological polar surface area (TPSA) is 38.9 Å². The lowest BCUT2D eigenvalue weighted by Crippen LogP contribution is -2.00. The maximum atomic E-state index is 13.2. The molecule has 0 aliphatic rings. The summed E-state index contributed by atoms with van der Waals surface area (Å²) in [6.45, 7) is 0.305. The predicted molar refractivity (Wildman–Crippen MR) is 75.0 cm³/mol. The number of aromatic nitrogens is 1. The minimum absolute atomic E-state index is 0.266. The fourth-order valence-corrected chi connectivity index (χ4v) is 2.23. The zero-order valence-corrected chi connectivity index (χ0v) is 10.3. The third-order valence-corrected chi connectivity index (χ3v) is 3.19. The lowest BCUT2D eigenvalue weighted by Gasteiger charge is -2.09. The average molecular weight is 252 g/mol. The quantitative estimate of drug-likeness (QED) is 0.758. The highest BCUT2D eigenvalue weighted by atomic mass is 19.1. The number of benzene rings is 2. The highest BCUT2D eigenvalue weighted by Crippen LogP contribution is 2.26. The van der Waals surface area contributed by atoms with E-state index in [2.05, 4.69) is 11.1 Å². The molecule has 1 heterocycles. The third kappa shape index (κ3) is 2.20. The van der Waals surface area contributed by atoms with Crippen molar-refractivity contribution in [2.75, 3.05) is 0 Å². The van der Waals surface area contributed by atoms with Crippen LogP contribution >= 0.6 is 0 Å². The van der Waals surface area contributed by atoms with E-state index in [1.165, 1.54) is 12.1 Å². The second-order valence-corrected chi connectivity index (χ2v) is 4.42. The van der Waals surface area contributed by atoms with Gasteiger partial charge in [0, 0.05) is 23.7 Å². The first-order valence-corrected chi connectivity index (χ1v) is 6.11. The summed E-state index contributed by atoms with van der Waals surface area (Å²) in [5.74, 6) is -0.266. The van der Waals surface area contributed by atoms with E-state index in [4.69, 9.17) is 5.73 Å². The fraction of sp³-hybridized carbons (Fsp3) is 0.0625. The summed E-state index contributed by atoms with van der Waals surface area (Å²) in [6.07, 6.45) is 1.80. The molecule has 0 aliphatic heterocycles. The fourth-order valence-electron chi connectivity index (χ4n) is 2.23. The van der Waals surface area contributed by atoms with Gasteiger partial charge in [0.1, 0.15) is 5.82 Å². The Morgan fingerprint density at radius 3 is 2.74 bits per heavy atom. The largest absolute Gasteiger partial charge is 0.326 e. The Morgan fingerprint density at radius 1 is 1.05 bits per heavy atom. The highest BCUT2D eigenvalue weighted by Gasteiger charge is 2.06. The number of fused-ring (bicyclic) bond motifs is 1. The number of pyridine rings is 1. The summed E-state index contributed by atoms with van der Waals surface area (Å²) in [4.78, 5) is 4.42. The van der Waals surface area contributed by atoms with E-state index in [1.807, 2.05) is 24.3 Å². The molecule has 0 saturated carbocycles. The van der Waals surface area contributed by atoms with E-state index in [-0.39, 0.29) is 5.82 Å². The van der Waals surface area contributed by atoms with Gasteiger partial charge in [0.15, 0.2) is 0 Å². The Bertz CT molecular complexity index is 738. The molecule has 3 aromatic rings. The van der Waals surface area contributed by atoms with Crippen molar-refractivity contribution in [2.24, 2.45) is 5.73 Å². The summed E-state index contributed by atoms with van der Waals surface area (Å²) < 4.78 is 13.2. The molecule has 3 rings (SSSR count). The van der Waals surface area contributed by atoms with E-state index in [9.17, 15) is 4.39 Å². The van der Waals surface area contributed by atoms with Crippen molar-refractivity contribution in [1.29, 1.82) is 0 Å². The molecule has 2 aromatic carbocycles. The smallest absolute Gasteiger partial charge is 0.123 e. The van der Waals surface area contributed by atoms with Gasteiger partial charge in [-0.05, 0) is 35.4 Å². The Hall–Kier alpha value is -2.26. The van der Waals surface area contributed by atoms with Gasteiger partial charge in [0.2, 0.25) is 0 Å². The normalized spacial score (nSPS) is 10.8. The second kappa shape index (κ2) is 4.78. The van der Waals surface area contributed by atoms with Crippen LogP contribution in [0.15, 0.2) is 54.7 Å². The van der Waals surface area contributed by atoms with Crippen LogP contribution in [0, 0.1) is 5.82 Å². The first-order chi connectivity index (χ1) is 9.28. The Balaban J connectivity index is 2.18. The summed E-state index contributed by atoms with van der Waals surface area (Å²) in [5.41, 5.74) is 9.31. The molecule has 0 aliphatic carbocycles. The van der Waals surface area contributed by atoms with Crippen LogP contribution in [0.5, 0.6) is 0 Å². The van der Waals surface area contributed by atoms with Gasteiger partial charge in [-0.1, -0.05) is 24.3 Å². The molecule has 0 atom stereocenters. The van der Waals surface area contributed by atoms with Crippen molar-refractivity contribution < 1.29 is 4.39 Å². The monoisotopic (exact) mass is 252 g/mol. The molecule has 19 heavy (non-hydrogen) atoms. The van der Waals surface area contributed by atoms with Crippen LogP contribution in [-0.4, -0.2) is 4.98 Å². The average Bonchev–Trinajstić information content (AvgIpc) is 2.46. The van der Waals surface area contributed by atoms with Crippen LogP contribution in [0.4, 0.5) is 4.39 Å². The van der Waals surface area contributed by atoms with Gasteiger partial charge >= 0.3 is 0 Å². The van der Waals surface area contributed by atoms with Crippen molar-refractivity contribution in [3.05, 3.63) is 66.1 Å². The van der Waals surface area contributed by atoms with E-state index in [0.717, 1.165) is 27.6 Å². The number of halogens is 1. The van der Waals surface area contributed by atoms with Gasteiger partial charge in [-0.25, -0.2) is 4.39 Å². The van der Waals surface area contributed by atoms with Gasteiger partial charge in [-0.15, -0.1) is 0 Å². The molecule has 0 bridgehead atoms. The summed E-state index contributed by atoms with van der Waals surface area (Å²) in [5, 5.41) is 1.06. The van der Waals surface area contributed by atoms with Gasteiger partial charge in [0.25, 0.3) is 0 Å². The first-order valence-electron chi connectivity index (χ1n) is 6.11. The number of nitrogens with two attached hydrogens (primary N) is 1. The van der Waals surface area contributed by atoms with E-state index in [1.54, 1.807) is 12.3 Å². The lowest BCUT2D eigenvalue weighted by molar-refractivity contribution is 0.625. The van der Waals surface area contributed by atoms with Crippen LogP contribution in [0.3, 0.4) is 0 Å². The molecule has 2 nitrogen and oxygen atoms in total. The second-order valence-electron chi connectivity index (χ2n) is 4.42. The maximum absolute atomic E-state index is 13.2. The highest BCUT2D eigenvalue weighted by molar-refractivity contribution is 5.84. The van der Waals surface area contributed by atoms with E-state index in [0.29, 0.717) is 6.54 Å². The first kappa shape index (κ1) is 11.8. The molecule has 2 N–H and O–H groups in total. The molecule has 0 amide bonds. The van der Waals surface area contributed by atoms with Crippen LogP contribution in [-0.2, 0) is 6.54 Å². The number of nitrogens with zero attached hydrogens (tertiary/aromatic N) is 1. The number of hydrogen-bond donors (Lipinski definition) is 1. The molecule has 3 heteroatoms. The minimum atomic E-state index is -0.266. The van der Waals surface area contributed by atoms with Crippen LogP contribution in [0.1, 0.15) is 5.56 Å². The molecule has 0 spiro atoms. The van der Waals surface area contributed by atoms with Crippen molar-refractivity contribution in [3.63, 3.8) is 0 Å². The van der Waals surface area contributed by atoms with Crippen molar-refractivity contribution in [1.82, 2.24) is 4.98 Å². The SMILES string of the molecule is NCc1cc(F)ccc1-c1cnc2ccccc2c1. The van der Waals surface area contributed by atoms with Crippen molar-refractivity contribution in [3.8, 4) is 11.1 Å². The van der Waals surface area contributed by atoms with E-state index < -0.39 is 0 Å². The van der Waals surface area contributed by atoms with Gasteiger partial charge in [-0.3, -0.25) is 4.98 Å². The number of hydrogen-bond acceptors (Lipinski definition) is 2. The molecule has 1 aromatic heterocycles. The molecule has 94 valence electrons. The van der Waals surface area contributed by atoms with Crippen LogP contribution in [0.25, 0.3) is 22.0 Å². The maximum Gasteiger partial charge on any atom is 0.123 e. The standard InChI is InChI=1S/C16H13FN2/c17-14-5-6-15(12(8-14)9-18)13-7-11-3-1-2-4-16(11)19-10-13/h1-8,10H,9,18H2. The third-order valence-electron chi connectivity index (χ3n) is 3.19. The predicted octanol–water partition coefficient (Wildman–Crippen LogP) is 3.50. The molecule has 0 radical (unpaired) electrons. The lowest BCUT2D eigenvalue weighted by atomic mass is 10.00. The number of rotatable bonds is 2. The molecular weight excluding hydrogens is 239 g/mol. The van der Waals surface area contributed by atoms with E-state index >= 15 is 0 Å². The minimum Gasteiger partial charge on any atom is -0.326 e. The van der Waals surface area contributed by atoms with Crippen molar-refractivity contribution in [2.45, 2.75) is 6.54 Å². The Labute approximate surface area is 110 Å². The zero-order valence-electron chi connectivity index (χ0n) is 10.3. The molecule has 0 saturated heterocycles. The molecule has 0 unspecified atom stereocenters. The molecule has 0 fully saturated rings. The number of para-hydroxylation sites is 1. The van der Waals surface area contributed by atoms with Gasteiger partial charge < -0.3 is 5.73 Å². The van der Waals surface area contributed by atoms with Crippen molar-refractivity contribution >= 4 is 10.9 Å². The van der Waals surface area contributed by atoms with Gasteiger partial charge in [0.05, 0.1) is 5.52 Å². The van der Waals surface area contributed by atoms with Crippen LogP contribution in [0.2, 0.25) is 0 Å². The zero-order chi connectivity index (χ0) is 13.2. The summed E-state index contributed by atoms with van der Waals surface area (Å²) >= 11 is 0. The Morgan fingerprint density at radius 2 is 1.89 bits per heavy atom.